The molecule has 1 atom stereocenters. The monoisotopic (exact) mass is 261 g/mol. The van der Waals surface area contributed by atoms with E-state index in [9.17, 15) is 0 Å². The molecule has 0 saturated heterocycles. The van der Waals surface area contributed by atoms with E-state index in [-0.39, 0.29) is 0 Å². The van der Waals surface area contributed by atoms with E-state index in [1.807, 2.05) is 0 Å². The Hall–Kier alpha value is -1.02. The average Bonchev–Trinajstić information content (AvgIpc) is 2.45. The molecule has 0 amide bonds. The van der Waals surface area contributed by atoms with Gasteiger partial charge in [-0.25, -0.2) is 0 Å². The van der Waals surface area contributed by atoms with Gasteiger partial charge in [-0.2, -0.15) is 0 Å². The highest BCUT2D eigenvalue weighted by molar-refractivity contribution is 5.43. The predicted octanol–water partition coefficient (Wildman–Crippen LogP) is 4.24. The second-order valence-corrected chi connectivity index (χ2v) is 5.42. The summed E-state index contributed by atoms with van der Waals surface area (Å²) in [5, 5.41) is 3.67. The number of unbranched alkanes of at least 4 members (excludes halogenated alkanes) is 1. The molecule has 0 spiro atoms. The van der Waals surface area contributed by atoms with Gasteiger partial charge in [0.15, 0.2) is 0 Å². The molecule has 0 aromatic heterocycles. The van der Waals surface area contributed by atoms with Gasteiger partial charge in [-0.3, -0.25) is 0 Å². The SMILES string of the molecule is CCCCOc1cccc2c1CCCC2NCCC. The van der Waals surface area contributed by atoms with Gasteiger partial charge in [-0.05, 0) is 55.8 Å². The summed E-state index contributed by atoms with van der Waals surface area (Å²) in [6.45, 7) is 6.38. The molecule has 0 radical (unpaired) electrons. The van der Waals surface area contributed by atoms with Crippen LogP contribution in [0.25, 0.3) is 0 Å². The van der Waals surface area contributed by atoms with Crippen LogP contribution in [0.15, 0.2) is 18.2 Å². The van der Waals surface area contributed by atoms with Crippen molar-refractivity contribution in [1.82, 2.24) is 5.32 Å². The maximum Gasteiger partial charge on any atom is 0.122 e. The summed E-state index contributed by atoms with van der Waals surface area (Å²) in [6, 6.07) is 7.08. The molecule has 1 N–H and O–H groups in total. The van der Waals surface area contributed by atoms with Crippen molar-refractivity contribution in [1.29, 1.82) is 0 Å². The normalized spacial score (nSPS) is 18.1. The Kier molecular flexibility index (Phi) is 5.71. The van der Waals surface area contributed by atoms with Gasteiger partial charge in [0.2, 0.25) is 0 Å². The van der Waals surface area contributed by atoms with Crippen LogP contribution in [-0.2, 0) is 6.42 Å². The summed E-state index contributed by atoms with van der Waals surface area (Å²) in [5.74, 6) is 1.12. The lowest BCUT2D eigenvalue weighted by atomic mass is 9.87. The van der Waals surface area contributed by atoms with Crippen LogP contribution in [0, 0.1) is 0 Å². The van der Waals surface area contributed by atoms with Crippen LogP contribution in [0.4, 0.5) is 0 Å². The van der Waals surface area contributed by atoms with Crippen molar-refractivity contribution in [3.63, 3.8) is 0 Å². The third-order valence-corrected chi connectivity index (χ3v) is 3.86. The smallest absolute Gasteiger partial charge is 0.122 e. The largest absolute Gasteiger partial charge is 0.493 e. The maximum atomic E-state index is 5.97. The van der Waals surface area contributed by atoms with Crippen LogP contribution in [0.1, 0.15) is 63.1 Å². The van der Waals surface area contributed by atoms with E-state index in [4.69, 9.17) is 4.74 Å². The van der Waals surface area contributed by atoms with Gasteiger partial charge in [0.05, 0.1) is 6.61 Å². The van der Waals surface area contributed by atoms with Gasteiger partial charge in [0.25, 0.3) is 0 Å². The van der Waals surface area contributed by atoms with Crippen LogP contribution in [0.3, 0.4) is 0 Å². The van der Waals surface area contributed by atoms with Gasteiger partial charge in [0.1, 0.15) is 5.75 Å². The third-order valence-electron chi connectivity index (χ3n) is 3.86. The highest BCUT2D eigenvalue weighted by Gasteiger charge is 2.22. The van der Waals surface area contributed by atoms with Gasteiger partial charge in [-0.15, -0.1) is 0 Å². The Balaban J connectivity index is 2.11. The zero-order chi connectivity index (χ0) is 13.5. The van der Waals surface area contributed by atoms with Crippen LogP contribution in [0.5, 0.6) is 5.75 Å². The van der Waals surface area contributed by atoms with Gasteiger partial charge >= 0.3 is 0 Å². The average molecular weight is 261 g/mol. The van der Waals surface area contributed by atoms with Crippen molar-refractivity contribution in [2.45, 2.75) is 58.4 Å². The number of ether oxygens (including phenoxy) is 1. The zero-order valence-electron chi connectivity index (χ0n) is 12.4. The number of nitrogens with one attached hydrogen (secondary N) is 1. The molecule has 0 bridgehead atoms. The second kappa shape index (κ2) is 7.54. The van der Waals surface area contributed by atoms with E-state index >= 15 is 0 Å². The maximum absolute atomic E-state index is 5.97. The fourth-order valence-electron chi connectivity index (χ4n) is 2.81. The summed E-state index contributed by atoms with van der Waals surface area (Å²) in [7, 11) is 0. The van der Waals surface area contributed by atoms with E-state index < -0.39 is 0 Å². The minimum atomic E-state index is 0.526. The molecule has 1 aromatic rings. The Bertz CT molecular complexity index is 389. The minimum absolute atomic E-state index is 0.526. The van der Waals surface area contributed by atoms with E-state index in [0.717, 1.165) is 25.3 Å². The Morgan fingerprint density at radius 1 is 1.26 bits per heavy atom. The fourth-order valence-corrected chi connectivity index (χ4v) is 2.81. The molecule has 0 aliphatic heterocycles. The summed E-state index contributed by atoms with van der Waals surface area (Å²) in [5.41, 5.74) is 2.91. The van der Waals surface area contributed by atoms with Crippen LogP contribution >= 0.6 is 0 Å². The fraction of sp³-hybridized carbons (Fsp3) is 0.647. The molecule has 2 heteroatoms. The summed E-state index contributed by atoms with van der Waals surface area (Å²) in [6.07, 6.45) is 7.21. The van der Waals surface area contributed by atoms with Crippen LogP contribution < -0.4 is 10.1 Å². The van der Waals surface area contributed by atoms with Gasteiger partial charge in [0, 0.05) is 6.04 Å². The van der Waals surface area contributed by atoms with Crippen molar-refractivity contribution in [2.75, 3.05) is 13.2 Å². The van der Waals surface area contributed by atoms with Crippen molar-refractivity contribution in [3.05, 3.63) is 29.3 Å². The van der Waals surface area contributed by atoms with E-state index in [1.54, 1.807) is 0 Å². The van der Waals surface area contributed by atoms with Crippen molar-refractivity contribution in [3.8, 4) is 5.75 Å². The Morgan fingerprint density at radius 3 is 2.95 bits per heavy atom. The van der Waals surface area contributed by atoms with E-state index in [1.165, 1.54) is 43.2 Å². The first-order chi connectivity index (χ1) is 9.36. The summed E-state index contributed by atoms with van der Waals surface area (Å²) >= 11 is 0. The lowest BCUT2D eigenvalue weighted by Crippen LogP contribution is -2.26. The van der Waals surface area contributed by atoms with E-state index in [2.05, 4.69) is 37.4 Å². The molecule has 0 saturated carbocycles. The Labute approximate surface area is 117 Å². The molecular formula is C17H27NO. The minimum Gasteiger partial charge on any atom is -0.493 e. The van der Waals surface area contributed by atoms with E-state index in [0.29, 0.717) is 6.04 Å². The standard InChI is InChI=1S/C17H27NO/c1-3-5-13-19-17-11-7-8-14-15(17)9-6-10-16(14)18-12-4-2/h7-8,11,16,18H,3-6,9-10,12-13H2,1-2H3. The van der Waals surface area contributed by atoms with Crippen LogP contribution in [-0.4, -0.2) is 13.2 Å². The lowest BCUT2D eigenvalue weighted by molar-refractivity contribution is 0.303. The number of hydrogen-bond acceptors (Lipinski definition) is 2. The molecule has 2 nitrogen and oxygen atoms in total. The van der Waals surface area contributed by atoms with Crippen molar-refractivity contribution in [2.24, 2.45) is 0 Å². The number of fused-ring (bicyclic) bond motifs is 1. The highest BCUT2D eigenvalue weighted by atomic mass is 16.5. The summed E-state index contributed by atoms with van der Waals surface area (Å²) < 4.78 is 5.97. The molecule has 1 aliphatic carbocycles. The lowest BCUT2D eigenvalue weighted by Gasteiger charge is -2.28. The number of hydrogen-bond donors (Lipinski definition) is 1. The van der Waals surface area contributed by atoms with Crippen molar-refractivity contribution >= 4 is 0 Å². The first kappa shape index (κ1) is 14.4. The molecule has 2 rings (SSSR count). The highest BCUT2D eigenvalue weighted by Crippen LogP contribution is 2.35. The predicted molar refractivity (Wildman–Crippen MR) is 80.8 cm³/mol. The molecule has 19 heavy (non-hydrogen) atoms. The zero-order valence-corrected chi connectivity index (χ0v) is 12.4. The molecule has 1 aromatic carbocycles. The summed E-state index contributed by atoms with van der Waals surface area (Å²) in [4.78, 5) is 0. The number of benzene rings is 1. The molecule has 106 valence electrons. The van der Waals surface area contributed by atoms with Crippen molar-refractivity contribution < 1.29 is 4.74 Å². The molecule has 1 unspecified atom stereocenters. The van der Waals surface area contributed by atoms with Crippen LogP contribution in [0.2, 0.25) is 0 Å². The first-order valence-electron chi connectivity index (χ1n) is 7.84. The number of rotatable bonds is 7. The second-order valence-electron chi connectivity index (χ2n) is 5.42. The first-order valence-corrected chi connectivity index (χ1v) is 7.84. The molecule has 1 aliphatic rings. The molecule has 0 fully saturated rings. The topological polar surface area (TPSA) is 21.3 Å². The van der Waals surface area contributed by atoms with Gasteiger partial charge in [-0.1, -0.05) is 32.4 Å². The molecular weight excluding hydrogens is 234 g/mol. The molecule has 0 heterocycles. The third kappa shape index (κ3) is 3.73. The Morgan fingerprint density at radius 2 is 2.16 bits per heavy atom. The quantitative estimate of drug-likeness (QED) is 0.741. The van der Waals surface area contributed by atoms with Gasteiger partial charge < -0.3 is 10.1 Å².